The van der Waals surface area contributed by atoms with Crippen molar-refractivity contribution in [1.82, 2.24) is 0 Å². The first-order chi connectivity index (χ1) is 13.5. The maximum atomic E-state index is 14.1. The molecule has 2 amide bonds. The zero-order chi connectivity index (χ0) is 19.7. The number of hydrogen-bond donors (Lipinski definition) is 3. The van der Waals surface area contributed by atoms with Gasteiger partial charge < -0.3 is 21.3 Å². The molecule has 2 aromatic rings. The first kappa shape index (κ1) is 18.0. The van der Waals surface area contributed by atoms with E-state index < -0.39 is 5.82 Å². The molecule has 1 fully saturated rings. The largest absolute Gasteiger partial charge is 0.371 e. The Hall–Kier alpha value is -3.35. The molecule has 0 atom stereocenters. The van der Waals surface area contributed by atoms with Gasteiger partial charge in [0.15, 0.2) is 0 Å². The average Bonchev–Trinajstić information content (AvgIpc) is 3.03. The molecule has 4 rings (SSSR count). The van der Waals surface area contributed by atoms with Gasteiger partial charge in [0.05, 0.1) is 11.3 Å². The fourth-order valence-electron chi connectivity index (χ4n) is 3.69. The molecule has 144 valence electrons. The number of nitrogens with one attached hydrogen (secondary N) is 2. The molecule has 28 heavy (non-hydrogen) atoms. The third kappa shape index (κ3) is 3.43. The van der Waals surface area contributed by atoms with Crippen molar-refractivity contribution < 1.29 is 14.0 Å². The molecule has 0 bridgehead atoms. The highest BCUT2D eigenvalue weighted by molar-refractivity contribution is 6.31. The van der Waals surface area contributed by atoms with E-state index in [-0.39, 0.29) is 28.9 Å². The number of carbonyl (C=O) groups excluding carboxylic acids is 2. The second-order valence-corrected chi connectivity index (χ2v) is 7.03. The highest BCUT2D eigenvalue weighted by Gasteiger charge is 2.27. The van der Waals surface area contributed by atoms with Crippen molar-refractivity contribution in [2.45, 2.75) is 12.8 Å². The summed E-state index contributed by atoms with van der Waals surface area (Å²) in [5, 5.41) is 5.73. The van der Waals surface area contributed by atoms with Gasteiger partial charge in [-0.15, -0.1) is 0 Å². The van der Waals surface area contributed by atoms with E-state index in [1.165, 1.54) is 12.3 Å². The number of fused-ring (bicyclic) bond motifs is 1. The van der Waals surface area contributed by atoms with Gasteiger partial charge in [-0.3, -0.25) is 9.59 Å². The number of rotatable bonds is 4. The Morgan fingerprint density at radius 1 is 1.18 bits per heavy atom. The zero-order valence-electron chi connectivity index (χ0n) is 15.2. The number of carbonyl (C=O) groups is 2. The maximum Gasteiger partial charge on any atom is 0.257 e. The van der Waals surface area contributed by atoms with Gasteiger partial charge in [0.25, 0.3) is 5.91 Å². The van der Waals surface area contributed by atoms with Gasteiger partial charge in [-0.25, -0.2) is 4.39 Å². The van der Waals surface area contributed by atoms with Crippen LogP contribution >= 0.6 is 0 Å². The highest BCUT2D eigenvalue weighted by atomic mass is 19.1. The van der Waals surface area contributed by atoms with Crippen molar-refractivity contribution in [3.8, 4) is 0 Å². The molecule has 2 aliphatic rings. The Balaban J connectivity index is 1.44. The Labute approximate surface area is 162 Å². The average molecular weight is 380 g/mol. The molecule has 0 unspecified atom stereocenters. The summed E-state index contributed by atoms with van der Waals surface area (Å²) in [7, 11) is 0. The minimum absolute atomic E-state index is 0.0374. The van der Waals surface area contributed by atoms with Crippen LogP contribution in [-0.4, -0.2) is 24.9 Å². The molecule has 4 N–H and O–H groups in total. The van der Waals surface area contributed by atoms with Crippen molar-refractivity contribution in [1.29, 1.82) is 0 Å². The van der Waals surface area contributed by atoms with Crippen LogP contribution in [0.5, 0.6) is 0 Å². The number of halogens is 1. The van der Waals surface area contributed by atoms with Crippen LogP contribution in [0.15, 0.2) is 48.7 Å². The van der Waals surface area contributed by atoms with Gasteiger partial charge >= 0.3 is 0 Å². The van der Waals surface area contributed by atoms with Crippen molar-refractivity contribution in [2.75, 3.05) is 28.6 Å². The van der Waals surface area contributed by atoms with E-state index in [4.69, 9.17) is 5.73 Å². The highest BCUT2D eigenvalue weighted by Crippen LogP contribution is 2.33. The van der Waals surface area contributed by atoms with Crippen LogP contribution in [0.25, 0.3) is 5.57 Å². The predicted molar refractivity (Wildman–Crippen MR) is 107 cm³/mol. The van der Waals surface area contributed by atoms with Gasteiger partial charge in [-0.2, -0.15) is 0 Å². The maximum absolute atomic E-state index is 14.1. The Morgan fingerprint density at radius 2 is 1.89 bits per heavy atom. The van der Waals surface area contributed by atoms with Crippen LogP contribution in [0.2, 0.25) is 0 Å². The second-order valence-electron chi connectivity index (χ2n) is 7.03. The lowest BCUT2D eigenvalue weighted by Gasteiger charge is -2.32. The number of nitrogens with zero attached hydrogens (tertiary/aromatic N) is 1. The number of nitrogens with two attached hydrogens (primary N) is 1. The summed E-state index contributed by atoms with van der Waals surface area (Å²) in [6.45, 7) is 1.58. The topological polar surface area (TPSA) is 87.5 Å². The third-order valence-corrected chi connectivity index (χ3v) is 5.29. The van der Waals surface area contributed by atoms with Crippen LogP contribution in [0.3, 0.4) is 0 Å². The van der Waals surface area contributed by atoms with Gasteiger partial charge in [-0.1, -0.05) is 6.07 Å². The van der Waals surface area contributed by atoms with E-state index >= 15 is 0 Å². The smallest absolute Gasteiger partial charge is 0.257 e. The summed E-state index contributed by atoms with van der Waals surface area (Å²) in [5.41, 5.74) is 8.28. The summed E-state index contributed by atoms with van der Waals surface area (Å²) in [5.74, 6) is -1.02. The monoisotopic (exact) mass is 380 g/mol. The number of amides is 2. The fraction of sp³-hybridized carbons (Fsp3) is 0.238. The summed E-state index contributed by atoms with van der Waals surface area (Å²) >= 11 is 0. The van der Waals surface area contributed by atoms with Gasteiger partial charge in [0.1, 0.15) is 5.82 Å². The lowest BCUT2D eigenvalue weighted by molar-refractivity contribution is -0.122. The van der Waals surface area contributed by atoms with Crippen LogP contribution in [-0.2, 0) is 9.59 Å². The summed E-state index contributed by atoms with van der Waals surface area (Å²) in [6, 6.07) is 12.3. The van der Waals surface area contributed by atoms with E-state index in [2.05, 4.69) is 15.5 Å². The van der Waals surface area contributed by atoms with Crippen molar-refractivity contribution in [2.24, 2.45) is 11.7 Å². The predicted octanol–water partition coefficient (Wildman–Crippen LogP) is 2.93. The molecule has 0 aliphatic carbocycles. The van der Waals surface area contributed by atoms with Crippen molar-refractivity contribution in [3.05, 3.63) is 60.0 Å². The molecule has 0 aromatic heterocycles. The summed E-state index contributed by atoms with van der Waals surface area (Å²) in [6.07, 6.45) is 3.06. The van der Waals surface area contributed by atoms with E-state index in [1.54, 1.807) is 12.1 Å². The van der Waals surface area contributed by atoms with Crippen LogP contribution < -0.4 is 21.3 Å². The van der Waals surface area contributed by atoms with E-state index in [0.29, 0.717) is 5.69 Å². The SMILES string of the molecule is NC(=O)C1CCN(c2ccc(NC=C3C(=O)Nc4cccc(F)c43)cc2)CC1. The molecule has 0 saturated carbocycles. The molecule has 1 saturated heterocycles. The minimum Gasteiger partial charge on any atom is -0.371 e. The van der Waals surface area contributed by atoms with Gasteiger partial charge in [0, 0.05) is 42.1 Å². The first-order valence-electron chi connectivity index (χ1n) is 9.24. The normalized spacial score (nSPS) is 18.1. The lowest BCUT2D eigenvalue weighted by atomic mass is 9.96. The zero-order valence-corrected chi connectivity index (χ0v) is 15.2. The van der Waals surface area contributed by atoms with E-state index in [1.807, 2.05) is 24.3 Å². The summed E-state index contributed by atoms with van der Waals surface area (Å²) in [4.78, 5) is 25.6. The fourth-order valence-corrected chi connectivity index (χ4v) is 3.69. The molecule has 2 heterocycles. The Kier molecular flexibility index (Phi) is 4.73. The number of primary amides is 1. The molecular formula is C21H21FN4O2. The molecule has 2 aromatic carbocycles. The molecule has 6 nitrogen and oxygen atoms in total. The lowest BCUT2D eigenvalue weighted by Crippen LogP contribution is -2.38. The third-order valence-electron chi connectivity index (χ3n) is 5.29. The second kappa shape index (κ2) is 7.34. The molecular weight excluding hydrogens is 359 g/mol. The van der Waals surface area contributed by atoms with Crippen LogP contribution in [0.1, 0.15) is 18.4 Å². The number of anilines is 3. The number of hydrogen-bond acceptors (Lipinski definition) is 4. The first-order valence-corrected chi connectivity index (χ1v) is 9.24. The minimum atomic E-state index is -0.432. The van der Waals surface area contributed by atoms with E-state index in [9.17, 15) is 14.0 Å². The van der Waals surface area contributed by atoms with Gasteiger partial charge in [-0.05, 0) is 49.2 Å². The Bertz CT molecular complexity index is 947. The summed E-state index contributed by atoms with van der Waals surface area (Å²) < 4.78 is 14.1. The van der Waals surface area contributed by atoms with Crippen LogP contribution in [0, 0.1) is 11.7 Å². The van der Waals surface area contributed by atoms with Crippen molar-refractivity contribution >= 4 is 34.4 Å². The molecule has 0 radical (unpaired) electrons. The molecule has 0 spiro atoms. The standard InChI is InChI=1S/C21H21FN4O2/c22-17-2-1-3-18-19(17)16(21(28)25-18)12-24-14-4-6-15(7-5-14)26-10-8-13(9-11-26)20(23)27/h1-7,12-13,24H,8-11H2,(H2,23,27)(H,25,28). The Morgan fingerprint density at radius 3 is 2.57 bits per heavy atom. The quantitative estimate of drug-likeness (QED) is 0.712. The molecule has 7 heteroatoms. The van der Waals surface area contributed by atoms with Crippen LogP contribution in [0.4, 0.5) is 21.5 Å². The van der Waals surface area contributed by atoms with E-state index in [0.717, 1.165) is 37.3 Å². The van der Waals surface area contributed by atoms with Gasteiger partial charge in [0.2, 0.25) is 5.91 Å². The number of piperidine rings is 1. The number of benzene rings is 2. The molecule has 2 aliphatic heterocycles. The van der Waals surface area contributed by atoms with Crippen molar-refractivity contribution in [3.63, 3.8) is 0 Å².